The van der Waals surface area contributed by atoms with Crippen LogP contribution in [0.2, 0.25) is 0 Å². The van der Waals surface area contributed by atoms with E-state index in [1.165, 1.54) is 18.4 Å². The van der Waals surface area contributed by atoms with Gasteiger partial charge in [0.25, 0.3) is 0 Å². The molecule has 1 atom stereocenters. The SMILES string of the molecule is C=C(C)[C@@H]1CC=C(CN2CCC(O)(Cc3cc(-c4cccc(OC)c4)no3)CC2)CC1. The van der Waals surface area contributed by atoms with E-state index in [0.717, 1.165) is 61.7 Å². The van der Waals surface area contributed by atoms with Crippen LogP contribution in [0.1, 0.15) is 44.8 Å². The molecular formula is C26H34N2O3. The number of nitrogens with zero attached hydrogens (tertiary/aromatic N) is 2. The van der Waals surface area contributed by atoms with Crippen molar-refractivity contribution in [2.24, 2.45) is 5.92 Å². The van der Waals surface area contributed by atoms with Crippen LogP contribution < -0.4 is 4.74 Å². The van der Waals surface area contributed by atoms with Crippen LogP contribution in [0.4, 0.5) is 0 Å². The molecule has 1 aromatic carbocycles. The number of benzene rings is 1. The van der Waals surface area contributed by atoms with Gasteiger partial charge in [-0.1, -0.05) is 41.1 Å². The van der Waals surface area contributed by atoms with Crippen LogP contribution in [0, 0.1) is 5.92 Å². The molecule has 5 nitrogen and oxygen atoms in total. The summed E-state index contributed by atoms with van der Waals surface area (Å²) >= 11 is 0. The summed E-state index contributed by atoms with van der Waals surface area (Å²) in [4.78, 5) is 2.48. The molecule has 1 fully saturated rings. The minimum absolute atomic E-state index is 0.501. The van der Waals surface area contributed by atoms with Gasteiger partial charge in [0.1, 0.15) is 17.2 Å². The van der Waals surface area contributed by atoms with Gasteiger partial charge in [0, 0.05) is 37.7 Å². The second-order valence-corrected chi connectivity index (χ2v) is 9.27. The van der Waals surface area contributed by atoms with Crippen LogP contribution in [-0.2, 0) is 6.42 Å². The first-order valence-corrected chi connectivity index (χ1v) is 11.3. The number of hydrogen-bond acceptors (Lipinski definition) is 5. The van der Waals surface area contributed by atoms with Crippen molar-refractivity contribution in [1.82, 2.24) is 10.1 Å². The van der Waals surface area contributed by atoms with Crippen molar-refractivity contribution in [2.45, 2.75) is 51.0 Å². The predicted molar refractivity (Wildman–Crippen MR) is 123 cm³/mol. The first kappa shape index (κ1) is 21.8. The highest BCUT2D eigenvalue weighted by atomic mass is 16.5. The van der Waals surface area contributed by atoms with Crippen LogP contribution in [-0.4, -0.2) is 47.5 Å². The summed E-state index contributed by atoms with van der Waals surface area (Å²) in [5, 5.41) is 15.4. The molecule has 1 aliphatic heterocycles. The zero-order valence-corrected chi connectivity index (χ0v) is 18.8. The van der Waals surface area contributed by atoms with Crippen LogP contribution >= 0.6 is 0 Å². The van der Waals surface area contributed by atoms with Crippen molar-refractivity contribution in [3.05, 3.63) is 59.9 Å². The minimum atomic E-state index is -0.728. The van der Waals surface area contributed by atoms with E-state index in [2.05, 4.69) is 29.6 Å². The quantitative estimate of drug-likeness (QED) is 0.635. The molecule has 2 heterocycles. The number of aromatic nitrogens is 1. The normalized spacial score (nSPS) is 21.5. The number of ether oxygens (including phenoxy) is 1. The van der Waals surface area contributed by atoms with Crippen molar-refractivity contribution >= 4 is 0 Å². The van der Waals surface area contributed by atoms with Gasteiger partial charge in [-0.15, -0.1) is 0 Å². The molecule has 0 unspecified atom stereocenters. The Morgan fingerprint density at radius 3 is 2.81 bits per heavy atom. The average molecular weight is 423 g/mol. The summed E-state index contributed by atoms with van der Waals surface area (Å²) in [5.74, 6) is 2.17. The lowest BCUT2D eigenvalue weighted by Gasteiger charge is -2.38. The van der Waals surface area contributed by atoms with Gasteiger partial charge in [0.2, 0.25) is 0 Å². The van der Waals surface area contributed by atoms with E-state index in [1.54, 1.807) is 12.7 Å². The highest BCUT2D eigenvalue weighted by Gasteiger charge is 2.34. The first-order valence-electron chi connectivity index (χ1n) is 11.3. The molecule has 1 N–H and O–H groups in total. The third-order valence-corrected chi connectivity index (χ3v) is 6.84. The molecule has 2 aromatic rings. The van der Waals surface area contributed by atoms with Crippen LogP contribution in [0.3, 0.4) is 0 Å². The minimum Gasteiger partial charge on any atom is -0.497 e. The molecule has 166 valence electrons. The Balaban J connectivity index is 1.30. The second kappa shape index (κ2) is 9.41. The fourth-order valence-corrected chi connectivity index (χ4v) is 4.71. The number of hydrogen-bond donors (Lipinski definition) is 1. The van der Waals surface area contributed by atoms with E-state index in [1.807, 2.05) is 30.3 Å². The second-order valence-electron chi connectivity index (χ2n) is 9.27. The van der Waals surface area contributed by atoms with E-state index >= 15 is 0 Å². The Hall–Kier alpha value is -2.37. The lowest BCUT2D eigenvalue weighted by Crippen LogP contribution is -2.46. The van der Waals surface area contributed by atoms with E-state index in [4.69, 9.17) is 9.26 Å². The Morgan fingerprint density at radius 1 is 1.32 bits per heavy atom. The van der Waals surface area contributed by atoms with Gasteiger partial charge in [-0.25, -0.2) is 0 Å². The van der Waals surface area contributed by atoms with Gasteiger partial charge in [-0.3, -0.25) is 4.90 Å². The summed E-state index contributed by atoms with van der Waals surface area (Å²) in [5.41, 5.74) is 3.84. The number of allylic oxidation sites excluding steroid dienone is 2. The number of likely N-dealkylation sites (tertiary alicyclic amines) is 1. The first-order chi connectivity index (χ1) is 14.9. The summed E-state index contributed by atoms with van der Waals surface area (Å²) in [6, 6.07) is 9.70. The Bertz CT molecular complexity index is 938. The topological polar surface area (TPSA) is 58.7 Å². The predicted octanol–water partition coefficient (Wildman–Crippen LogP) is 5.02. The summed E-state index contributed by atoms with van der Waals surface area (Å²) in [6.07, 6.45) is 7.94. The molecule has 1 saturated heterocycles. The number of rotatable bonds is 7. The fraction of sp³-hybridized carbons (Fsp3) is 0.500. The highest BCUT2D eigenvalue weighted by Crippen LogP contribution is 2.32. The van der Waals surface area contributed by atoms with Gasteiger partial charge in [0.15, 0.2) is 0 Å². The molecule has 0 radical (unpaired) electrons. The van der Waals surface area contributed by atoms with Gasteiger partial charge in [-0.2, -0.15) is 0 Å². The van der Waals surface area contributed by atoms with Crippen molar-refractivity contribution < 1.29 is 14.4 Å². The monoisotopic (exact) mass is 422 g/mol. The lowest BCUT2D eigenvalue weighted by atomic mass is 9.84. The van der Waals surface area contributed by atoms with Crippen molar-refractivity contribution in [3.8, 4) is 17.0 Å². The maximum Gasteiger partial charge on any atom is 0.140 e. The van der Waals surface area contributed by atoms with Gasteiger partial charge >= 0.3 is 0 Å². The standard InChI is InChI=1S/C26H34N2O3/c1-19(2)21-9-7-20(8-10-21)18-28-13-11-26(29,12-14-28)17-24-16-25(27-31-24)22-5-4-6-23(15-22)30-3/h4-7,15-16,21,29H,1,8-14,17-18H2,2-3H3/t21-/m1/s1. The van der Waals surface area contributed by atoms with E-state index < -0.39 is 5.60 Å². The molecular weight excluding hydrogens is 388 g/mol. The van der Waals surface area contributed by atoms with E-state index in [0.29, 0.717) is 12.3 Å². The molecule has 4 rings (SSSR count). The molecule has 0 amide bonds. The summed E-state index contributed by atoms with van der Waals surface area (Å²) in [7, 11) is 1.65. The Morgan fingerprint density at radius 2 is 2.13 bits per heavy atom. The van der Waals surface area contributed by atoms with Crippen molar-refractivity contribution in [3.63, 3.8) is 0 Å². The van der Waals surface area contributed by atoms with E-state index in [-0.39, 0.29) is 0 Å². The van der Waals surface area contributed by atoms with Crippen LogP contribution in [0.25, 0.3) is 11.3 Å². The lowest BCUT2D eigenvalue weighted by molar-refractivity contribution is -0.0230. The van der Waals surface area contributed by atoms with Crippen molar-refractivity contribution in [1.29, 1.82) is 0 Å². The third-order valence-electron chi connectivity index (χ3n) is 6.84. The van der Waals surface area contributed by atoms with Crippen LogP contribution in [0.5, 0.6) is 5.75 Å². The molecule has 0 spiro atoms. The number of aliphatic hydroxyl groups is 1. The summed E-state index contributed by atoms with van der Waals surface area (Å²) in [6.45, 7) is 9.10. The van der Waals surface area contributed by atoms with Gasteiger partial charge in [0.05, 0.1) is 12.7 Å². The van der Waals surface area contributed by atoms with Crippen LogP contribution in [0.15, 0.2) is 58.7 Å². The maximum atomic E-state index is 11.1. The molecule has 31 heavy (non-hydrogen) atoms. The Kier molecular flexibility index (Phi) is 6.63. The Labute approximate surface area is 185 Å². The smallest absolute Gasteiger partial charge is 0.140 e. The molecule has 0 bridgehead atoms. The number of piperidine rings is 1. The van der Waals surface area contributed by atoms with Gasteiger partial charge < -0.3 is 14.4 Å². The average Bonchev–Trinajstić information content (AvgIpc) is 3.24. The largest absolute Gasteiger partial charge is 0.497 e. The zero-order valence-electron chi connectivity index (χ0n) is 18.8. The number of methoxy groups -OCH3 is 1. The zero-order chi connectivity index (χ0) is 21.8. The third kappa shape index (κ3) is 5.46. The van der Waals surface area contributed by atoms with E-state index in [9.17, 15) is 5.11 Å². The highest BCUT2D eigenvalue weighted by molar-refractivity contribution is 5.60. The van der Waals surface area contributed by atoms with Crippen molar-refractivity contribution in [2.75, 3.05) is 26.7 Å². The maximum absolute atomic E-state index is 11.1. The summed E-state index contributed by atoms with van der Waals surface area (Å²) < 4.78 is 10.8. The molecule has 0 saturated carbocycles. The molecule has 1 aromatic heterocycles. The fourth-order valence-electron chi connectivity index (χ4n) is 4.71. The molecule has 2 aliphatic rings. The van der Waals surface area contributed by atoms with Gasteiger partial charge in [-0.05, 0) is 57.1 Å². The molecule has 5 heteroatoms. The molecule has 1 aliphatic carbocycles.